The lowest BCUT2D eigenvalue weighted by Gasteiger charge is -2.50. The van der Waals surface area contributed by atoms with Crippen LogP contribution in [0.4, 0.5) is 0 Å². The van der Waals surface area contributed by atoms with E-state index in [0.29, 0.717) is 11.1 Å². The molecule has 0 bridgehead atoms. The summed E-state index contributed by atoms with van der Waals surface area (Å²) in [7, 11) is 0. The van der Waals surface area contributed by atoms with Gasteiger partial charge in [0.25, 0.3) is 0 Å². The van der Waals surface area contributed by atoms with Crippen LogP contribution in [-0.4, -0.2) is 63.1 Å². The zero-order chi connectivity index (χ0) is 32.3. The molecule has 8 atom stereocenters. The summed E-state index contributed by atoms with van der Waals surface area (Å²) in [5.41, 5.74) is -4.46. The van der Waals surface area contributed by atoms with Crippen molar-refractivity contribution in [3.8, 4) is 0 Å². The Morgan fingerprint density at radius 2 is 1.75 bits per heavy atom. The average Bonchev–Trinajstić information content (AvgIpc) is 3.42. The van der Waals surface area contributed by atoms with Gasteiger partial charge in [0, 0.05) is 36.5 Å². The molecule has 0 aromatic heterocycles. The molecule has 0 aliphatic heterocycles. The fraction of sp³-hybridized carbons (Fsp3) is 0.694. The number of allylic oxidation sites excluding steroid dienone is 3. The normalized spacial score (nSPS) is 37.6. The molecule has 44 heavy (non-hydrogen) atoms. The summed E-state index contributed by atoms with van der Waals surface area (Å²) >= 11 is 0. The number of fused-ring (bicyclic) bond motifs is 5. The second kappa shape index (κ2) is 13.4. The molecule has 0 aromatic carbocycles. The van der Waals surface area contributed by atoms with Crippen LogP contribution in [0.5, 0.6) is 0 Å². The lowest BCUT2D eigenvalue weighted by molar-refractivity contribution is -0.187. The number of unbranched alkanes of at least 4 members (excludes halogenated alkanes) is 6. The lowest BCUT2D eigenvalue weighted by Crippen LogP contribution is -2.61. The molecule has 2 saturated carbocycles. The van der Waals surface area contributed by atoms with Gasteiger partial charge in [0.1, 0.15) is 17.8 Å². The van der Waals surface area contributed by atoms with Crippen LogP contribution < -0.4 is 0 Å². The molecule has 8 nitrogen and oxygen atoms in total. The van der Waals surface area contributed by atoms with Crippen LogP contribution >= 0.6 is 0 Å². The molecular weight excluding hydrogens is 560 g/mol. The van der Waals surface area contributed by atoms with Crippen LogP contribution in [-0.2, 0) is 23.9 Å². The minimum atomic E-state index is -1.87. The Kier molecular flexibility index (Phi) is 10.5. The van der Waals surface area contributed by atoms with Crippen LogP contribution in [0.15, 0.2) is 47.6 Å². The number of Topliss-reactive ketones (excluding diaryl/α,β-unsaturated/α-hetero) is 1. The van der Waals surface area contributed by atoms with Crippen molar-refractivity contribution in [1.29, 1.82) is 0 Å². The number of aliphatic hydroxyl groups excluding tert-OH is 1. The van der Waals surface area contributed by atoms with Crippen LogP contribution in [0.25, 0.3) is 0 Å². The molecule has 0 aromatic rings. The molecule has 0 amide bonds. The van der Waals surface area contributed by atoms with E-state index < -0.39 is 63.6 Å². The summed E-state index contributed by atoms with van der Waals surface area (Å²) in [6, 6.07) is 0. The van der Waals surface area contributed by atoms with Crippen molar-refractivity contribution >= 4 is 17.7 Å². The zero-order valence-corrected chi connectivity index (χ0v) is 27.1. The van der Waals surface area contributed by atoms with E-state index in [-0.39, 0.29) is 32.5 Å². The molecular formula is C36H52O8. The van der Waals surface area contributed by atoms with Crippen molar-refractivity contribution < 1.29 is 39.2 Å². The van der Waals surface area contributed by atoms with E-state index in [2.05, 4.69) is 13.0 Å². The predicted octanol–water partition coefficient (Wildman–Crippen LogP) is 5.31. The second-order valence-electron chi connectivity index (χ2n) is 13.9. The Balaban J connectivity index is 1.53. The topological polar surface area (TPSA) is 130 Å². The molecule has 8 heteroatoms. The highest BCUT2D eigenvalue weighted by atomic mass is 16.6. The molecule has 244 valence electrons. The Labute approximate surface area is 262 Å². The van der Waals surface area contributed by atoms with Crippen LogP contribution in [0.1, 0.15) is 98.8 Å². The van der Waals surface area contributed by atoms with Gasteiger partial charge in [-0.3, -0.25) is 14.4 Å². The monoisotopic (exact) mass is 612 g/mol. The molecule has 3 N–H and O–H groups in total. The summed E-state index contributed by atoms with van der Waals surface area (Å²) < 4.78 is 11.8. The summed E-state index contributed by atoms with van der Waals surface area (Å²) in [4.78, 5) is 38.3. The van der Waals surface area contributed by atoms with Gasteiger partial charge in [0.05, 0.1) is 18.6 Å². The number of carbonyl (C=O) groups excluding carboxylic acids is 3. The highest BCUT2D eigenvalue weighted by Crippen LogP contribution is 2.76. The molecule has 0 saturated heterocycles. The number of hydrogen-bond donors (Lipinski definition) is 3. The van der Waals surface area contributed by atoms with Gasteiger partial charge >= 0.3 is 11.9 Å². The fourth-order valence-corrected chi connectivity index (χ4v) is 8.58. The first-order valence-electron chi connectivity index (χ1n) is 16.5. The third-order valence-electron chi connectivity index (χ3n) is 10.9. The van der Waals surface area contributed by atoms with Crippen LogP contribution in [0.3, 0.4) is 0 Å². The van der Waals surface area contributed by atoms with Gasteiger partial charge in [-0.05, 0) is 43.3 Å². The van der Waals surface area contributed by atoms with Gasteiger partial charge in [0.15, 0.2) is 5.78 Å². The molecule has 4 aliphatic rings. The van der Waals surface area contributed by atoms with E-state index in [1.54, 1.807) is 25.2 Å². The number of ether oxygens (including phenoxy) is 2. The summed E-state index contributed by atoms with van der Waals surface area (Å²) in [5, 5.41) is 34.5. The Morgan fingerprint density at radius 3 is 2.43 bits per heavy atom. The third kappa shape index (κ3) is 6.02. The Bertz CT molecular complexity index is 1230. The average molecular weight is 613 g/mol. The largest absolute Gasteiger partial charge is 0.465 e. The van der Waals surface area contributed by atoms with Gasteiger partial charge in [-0.25, -0.2) is 0 Å². The first kappa shape index (κ1) is 34.3. The molecule has 4 aliphatic carbocycles. The van der Waals surface area contributed by atoms with E-state index in [1.165, 1.54) is 39.0 Å². The van der Waals surface area contributed by atoms with Crippen molar-refractivity contribution in [1.82, 2.24) is 0 Å². The number of carbonyl (C=O) groups is 3. The number of esters is 2. The molecule has 4 rings (SSSR count). The lowest BCUT2D eigenvalue weighted by atomic mass is 9.60. The summed E-state index contributed by atoms with van der Waals surface area (Å²) in [5.74, 6) is -3.86. The standard InChI is InChI=1S/C36H52O8/c1-6-7-8-9-10-11-12-13-14-15-16-17-30(39)44-35-20-25(3)36(42)28(31(35)33(35,5)23-43-26(4)38)19-27(22-37)21-34(41)29(36)18-24(2)32(34)40/h13-16,18-19,25,28-29,31,37,41-42H,6-12,17,20-23H2,1-5H3/t25-,28+,29-,31-,33-,34-,35+,36-/m1/s1. The predicted molar refractivity (Wildman–Crippen MR) is 167 cm³/mol. The maximum absolute atomic E-state index is 13.3. The van der Waals surface area contributed by atoms with Crippen molar-refractivity contribution in [3.05, 3.63) is 47.6 Å². The molecule has 0 heterocycles. The maximum Gasteiger partial charge on any atom is 0.310 e. The smallest absolute Gasteiger partial charge is 0.310 e. The van der Waals surface area contributed by atoms with Gasteiger partial charge in [-0.15, -0.1) is 0 Å². The fourth-order valence-electron chi connectivity index (χ4n) is 8.58. The van der Waals surface area contributed by atoms with E-state index in [9.17, 15) is 29.7 Å². The van der Waals surface area contributed by atoms with E-state index in [1.807, 2.05) is 26.0 Å². The van der Waals surface area contributed by atoms with E-state index in [4.69, 9.17) is 9.47 Å². The minimum absolute atomic E-state index is 0.0123. The molecule has 0 spiro atoms. The third-order valence-corrected chi connectivity index (χ3v) is 10.9. The van der Waals surface area contributed by atoms with Crippen molar-refractivity contribution in [2.24, 2.45) is 29.1 Å². The van der Waals surface area contributed by atoms with E-state index >= 15 is 0 Å². The van der Waals surface area contributed by atoms with Crippen LogP contribution in [0, 0.1) is 29.1 Å². The zero-order valence-electron chi connectivity index (χ0n) is 27.1. The first-order chi connectivity index (χ1) is 20.8. The van der Waals surface area contributed by atoms with Crippen molar-refractivity contribution in [2.75, 3.05) is 13.2 Å². The van der Waals surface area contributed by atoms with Gasteiger partial charge < -0.3 is 24.8 Å². The van der Waals surface area contributed by atoms with Gasteiger partial charge in [0.2, 0.25) is 0 Å². The molecule has 2 fully saturated rings. The van der Waals surface area contributed by atoms with Crippen molar-refractivity contribution in [2.45, 2.75) is 116 Å². The quantitative estimate of drug-likeness (QED) is 0.104. The van der Waals surface area contributed by atoms with E-state index in [0.717, 1.165) is 12.8 Å². The Hall–Kier alpha value is -2.55. The second-order valence-corrected chi connectivity index (χ2v) is 13.9. The van der Waals surface area contributed by atoms with Gasteiger partial charge in [-0.2, -0.15) is 0 Å². The number of rotatable bonds is 14. The SMILES string of the molecule is CCCCCCCCC=CC=CCC(=O)O[C@@]12C[C@@H](C)[C@@]3(O)[C@@H](C=C(CO)C[C@]4(O)C(=O)C(C)=C[C@@H]34)[C@@H]1[C@@]2(C)COC(C)=O. The molecule has 0 unspecified atom stereocenters. The number of hydrogen-bond acceptors (Lipinski definition) is 8. The van der Waals surface area contributed by atoms with Crippen molar-refractivity contribution in [3.63, 3.8) is 0 Å². The number of aliphatic hydroxyl groups is 3. The highest BCUT2D eigenvalue weighted by molar-refractivity contribution is 6.04. The Morgan fingerprint density at radius 1 is 1.07 bits per heavy atom. The minimum Gasteiger partial charge on any atom is -0.465 e. The first-order valence-corrected chi connectivity index (χ1v) is 16.5. The summed E-state index contributed by atoms with van der Waals surface area (Å²) in [6.07, 6.45) is 19.9. The molecule has 0 radical (unpaired) electrons. The maximum atomic E-state index is 13.3. The number of ketones is 1. The van der Waals surface area contributed by atoms with Crippen LogP contribution in [0.2, 0.25) is 0 Å². The van der Waals surface area contributed by atoms with Gasteiger partial charge in [-0.1, -0.05) is 89.3 Å². The summed E-state index contributed by atoms with van der Waals surface area (Å²) in [6.45, 7) is 8.52. The highest BCUT2D eigenvalue weighted by Gasteiger charge is 2.85.